The largest absolute Gasteiger partial charge is 0.338 e. The summed E-state index contributed by atoms with van der Waals surface area (Å²) in [4.78, 5) is 26.4. The van der Waals surface area contributed by atoms with Gasteiger partial charge in [-0.1, -0.05) is 19.8 Å². The van der Waals surface area contributed by atoms with Gasteiger partial charge in [0.1, 0.15) is 17.0 Å². The normalized spacial score (nSPS) is 10.8. The van der Waals surface area contributed by atoms with Gasteiger partial charge in [0.25, 0.3) is 0 Å². The third-order valence-electron chi connectivity index (χ3n) is 3.70. The summed E-state index contributed by atoms with van der Waals surface area (Å²) in [6.45, 7) is 4.84. The summed E-state index contributed by atoms with van der Waals surface area (Å²) >= 11 is 1.63. The number of nitrogens with zero attached hydrogens (tertiary/aromatic N) is 3. The van der Waals surface area contributed by atoms with E-state index in [2.05, 4.69) is 44.0 Å². The number of aromatic nitrogens is 3. The van der Waals surface area contributed by atoms with E-state index in [-0.39, 0.29) is 6.03 Å². The zero-order valence-corrected chi connectivity index (χ0v) is 15.2. The first-order chi connectivity index (χ1) is 12.2. The van der Waals surface area contributed by atoms with Crippen molar-refractivity contribution in [2.75, 3.05) is 11.9 Å². The molecule has 0 aliphatic rings. The Bertz CT molecular complexity index is 877. The van der Waals surface area contributed by atoms with Crippen LogP contribution in [0.5, 0.6) is 0 Å². The van der Waals surface area contributed by atoms with Crippen molar-refractivity contribution < 1.29 is 4.79 Å². The van der Waals surface area contributed by atoms with Crippen LogP contribution in [0.25, 0.3) is 21.7 Å². The summed E-state index contributed by atoms with van der Waals surface area (Å²) in [5.41, 5.74) is 3.21. The van der Waals surface area contributed by atoms with Crippen molar-refractivity contribution >= 4 is 34.3 Å². The van der Waals surface area contributed by atoms with Gasteiger partial charge in [0.15, 0.2) is 5.65 Å². The fourth-order valence-electron chi connectivity index (χ4n) is 2.39. The Labute approximate surface area is 150 Å². The second kappa shape index (κ2) is 8.02. The maximum Gasteiger partial charge on any atom is 0.320 e. The highest BCUT2D eigenvalue weighted by Crippen LogP contribution is 2.25. The third-order valence-corrected chi connectivity index (χ3v) is 4.77. The Morgan fingerprint density at radius 1 is 1.24 bits per heavy atom. The lowest BCUT2D eigenvalue weighted by Gasteiger charge is -2.07. The minimum Gasteiger partial charge on any atom is -0.338 e. The molecule has 7 heteroatoms. The Morgan fingerprint density at radius 2 is 2.12 bits per heavy atom. The Balaban J connectivity index is 1.73. The highest BCUT2D eigenvalue weighted by Gasteiger charge is 2.08. The molecule has 3 aromatic heterocycles. The summed E-state index contributed by atoms with van der Waals surface area (Å²) in [7, 11) is 0. The monoisotopic (exact) mass is 355 g/mol. The molecule has 6 nitrogen and oxygen atoms in total. The van der Waals surface area contributed by atoms with Crippen LogP contribution in [0.4, 0.5) is 10.6 Å². The predicted molar refractivity (Wildman–Crippen MR) is 102 cm³/mol. The highest BCUT2D eigenvalue weighted by molar-refractivity contribution is 7.13. The number of aryl methyl sites for hydroxylation is 1. The molecule has 3 rings (SSSR count). The number of carbonyl (C=O) groups excluding carboxylic acids is 1. The van der Waals surface area contributed by atoms with Crippen LogP contribution in [0.15, 0.2) is 29.8 Å². The minimum absolute atomic E-state index is 0.249. The molecule has 3 heterocycles. The summed E-state index contributed by atoms with van der Waals surface area (Å²) < 4.78 is 0. The molecule has 0 saturated carbocycles. The molecular formula is C18H21N5OS. The number of nitrogens with one attached hydrogen (secondary N) is 2. The van der Waals surface area contributed by atoms with Crippen molar-refractivity contribution in [2.24, 2.45) is 0 Å². The fourth-order valence-corrected chi connectivity index (χ4v) is 3.24. The molecular weight excluding hydrogens is 334 g/mol. The highest BCUT2D eigenvalue weighted by atomic mass is 32.1. The van der Waals surface area contributed by atoms with Gasteiger partial charge in [0.2, 0.25) is 0 Å². The second-order valence-corrected chi connectivity index (χ2v) is 6.78. The standard InChI is InChI=1S/C18H21N5OS/c1-3-4-5-8-19-18(24)23-16-7-6-13-17(22-16)21-14(10-20-13)15-9-12(2)11-25-15/h6-7,9-11H,3-5,8H2,1-2H3,(H2,19,21,22,23,24). The minimum atomic E-state index is -0.249. The van der Waals surface area contributed by atoms with E-state index in [0.717, 1.165) is 29.8 Å². The van der Waals surface area contributed by atoms with Crippen LogP contribution in [-0.2, 0) is 0 Å². The molecule has 0 bridgehead atoms. The number of urea groups is 1. The molecule has 0 aromatic carbocycles. The lowest BCUT2D eigenvalue weighted by Crippen LogP contribution is -2.29. The number of carbonyl (C=O) groups is 1. The maximum atomic E-state index is 11.9. The van der Waals surface area contributed by atoms with Gasteiger partial charge in [0, 0.05) is 6.54 Å². The van der Waals surface area contributed by atoms with Crippen molar-refractivity contribution in [3.8, 4) is 10.6 Å². The van der Waals surface area contributed by atoms with Gasteiger partial charge in [-0.2, -0.15) is 0 Å². The Kier molecular flexibility index (Phi) is 5.55. The van der Waals surface area contributed by atoms with Crippen molar-refractivity contribution in [1.29, 1.82) is 0 Å². The summed E-state index contributed by atoms with van der Waals surface area (Å²) in [5.74, 6) is 0.467. The van der Waals surface area contributed by atoms with E-state index in [4.69, 9.17) is 0 Å². The number of hydrogen-bond acceptors (Lipinski definition) is 5. The van der Waals surface area contributed by atoms with Crippen LogP contribution < -0.4 is 10.6 Å². The molecule has 0 saturated heterocycles. The molecule has 2 amide bonds. The van der Waals surface area contributed by atoms with Crippen LogP contribution in [0.3, 0.4) is 0 Å². The number of anilines is 1. The summed E-state index contributed by atoms with van der Waals surface area (Å²) in [5, 5.41) is 7.66. The summed E-state index contributed by atoms with van der Waals surface area (Å²) in [6.07, 6.45) is 4.96. The molecule has 3 aromatic rings. The Hall–Kier alpha value is -2.54. The van der Waals surface area contributed by atoms with Gasteiger partial charge in [-0.15, -0.1) is 11.3 Å². The molecule has 0 atom stereocenters. The lowest BCUT2D eigenvalue weighted by atomic mass is 10.2. The molecule has 2 N–H and O–H groups in total. The van der Waals surface area contributed by atoms with Gasteiger partial charge in [-0.25, -0.2) is 14.8 Å². The molecule has 0 unspecified atom stereocenters. The number of pyridine rings is 1. The quantitative estimate of drug-likeness (QED) is 0.643. The average molecular weight is 355 g/mol. The van der Waals surface area contributed by atoms with Gasteiger partial charge in [-0.05, 0) is 42.5 Å². The van der Waals surface area contributed by atoms with E-state index in [1.54, 1.807) is 23.6 Å². The van der Waals surface area contributed by atoms with E-state index in [0.29, 0.717) is 23.5 Å². The summed E-state index contributed by atoms with van der Waals surface area (Å²) in [6, 6.07) is 5.37. The van der Waals surface area contributed by atoms with Gasteiger partial charge < -0.3 is 5.32 Å². The van der Waals surface area contributed by atoms with Crippen LogP contribution in [0.1, 0.15) is 31.7 Å². The van der Waals surface area contributed by atoms with Crippen LogP contribution in [0, 0.1) is 6.92 Å². The smallest absolute Gasteiger partial charge is 0.320 e. The van der Waals surface area contributed by atoms with Crippen LogP contribution >= 0.6 is 11.3 Å². The fraction of sp³-hybridized carbons (Fsp3) is 0.333. The molecule has 0 radical (unpaired) electrons. The first kappa shape index (κ1) is 17.3. The lowest BCUT2D eigenvalue weighted by molar-refractivity contribution is 0.252. The van der Waals surface area contributed by atoms with Crippen LogP contribution in [-0.4, -0.2) is 27.5 Å². The van der Waals surface area contributed by atoms with E-state index in [1.165, 1.54) is 5.56 Å². The van der Waals surface area contributed by atoms with Crippen molar-refractivity contribution in [2.45, 2.75) is 33.1 Å². The number of rotatable bonds is 6. The number of hydrogen-bond donors (Lipinski definition) is 2. The maximum absolute atomic E-state index is 11.9. The topological polar surface area (TPSA) is 79.8 Å². The molecule has 25 heavy (non-hydrogen) atoms. The SMILES string of the molecule is CCCCCNC(=O)Nc1ccc2ncc(-c3cc(C)cs3)nc2n1. The van der Waals surface area contributed by atoms with Gasteiger partial charge in [-0.3, -0.25) is 10.3 Å². The first-order valence-electron chi connectivity index (χ1n) is 8.40. The van der Waals surface area contributed by atoms with Gasteiger partial charge >= 0.3 is 6.03 Å². The van der Waals surface area contributed by atoms with E-state index in [9.17, 15) is 4.79 Å². The average Bonchev–Trinajstić information content (AvgIpc) is 3.04. The first-order valence-corrected chi connectivity index (χ1v) is 9.28. The molecule has 0 spiro atoms. The van der Waals surface area contributed by atoms with E-state index < -0.39 is 0 Å². The van der Waals surface area contributed by atoms with E-state index >= 15 is 0 Å². The van der Waals surface area contributed by atoms with Gasteiger partial charge in [0.05, 0.1) is 11.1 Å². The number of thiophene rings is 1. The molecule has 130 valence electrons. The zero-order chi connectivity index (χ0) is 17.6. The Morgan fingerprint density at radius 3 is 2.88 bits per heavy atom. The molecule has 0 aliphatic heterocycles. The third kappa shape index (κ3) is 4.51. The van der Waals surface area contributed by atoms with Crippen molar-refractivity contribution in [3.63, 3.8) is 0 Å². The molecule has 0 aliphatic carbocycles. The molecule has 0 fully saturated rings. The predicted octanol–water partition coefficient (Wildman–Crippen LogP) is 4.37. The second-order valence-electron chi connectivity index (χ2n) is 5.87. The number of amides is 2. The van der Waals surface area contributed by atoms with Crippen LogP contribution in [0.2, 0.25) is 0 Å². The zero-order valence-electron chi connectivity index (χ0n) is 14.4. The number of fused-ring (bicyclic) bond motifs is 1. The number of unbranched alkanes of at least 4 members (excludes halogenated alkanes) is 2. The van der Waals surface area contributed by atoms with E-state index in [1.807, 2.05) is 13.0 Å². The van der Waals surface area contributed by atoms with Crippen molar-refractivity contribution in [3.05, 3.63) is 35.3 Å². The van der Waals surface area contributed by atoms with Crippen molar-refractivity contribution in [1.82, 2.24) is 20.3 Å².